The zero-order chi connectivity index (χ0) is 14.0. The standard InChI is InChI=1S/C13H18N2O3S/c1-19(17,18)10-5-2-4-9(8-10)13(16)15-12-7-3-6-11(12)14/h2,4-5,8,11-12H,3,6-7,14H2,1H3,(H,15,16). The first-order valence-electron chi connectivity index (χ1n) is 6.24. The van der Waals surface area contributed by atoms with Gasteiger partial charge in [0.25, 0.3) is 5.91 Å². The van der Waals surface area contributed by atoms with Crippen LogP contribution in [0.2, 0.25) is 0 Å². The number of sulfone groups is 1. The monoisotopic (exact) mass is 282 g/mol. The van der Waals surface area contributed by atoms with Crippen molar-refractivity contribution in [1.29, 1.82) is 0 Å². The van der Waals surface area contributed by atoms with Crippen molar-refractivity contribution in [2.45, 2.75) is 36.2 Å². The maximum atomic E-state index is 12.1. The Morgan fingerprint density at radius 2 is 2.11 bits per heavy atom. The van der Waals surface area contributed by atoms with E-state index in [9.17, 15) is 13.2 Å². The first kappa shape index (κ1) is 14.0. The molecule has 1 aliphatic rings. The second kappa shape index (κ2) is 5.30. The fraction of sp³-hybridized carbons (Fsp3) is 0.462. The number of amides is 1. The van der Waals surface area contributed by atoms with Gasteiger partial charge in [-0.05, 0) is 37.5 Å². The van der Waals surface area contributed by atoms with Crippen molar-refractivity contribution >= 4 is 15.7 Å². The minimum Gasteiger partial charge on any atom is -0.348 e. The number of benzene rings is 1. The smallest absolute Gasteiger partial charge is 0.251 e. The van der Waals surface area contributed by atoms with Crippen LogP contribution in [0.3, 0.4) is 0 Å². The Hall–Kier alpha value is -1.40. The largest absolute Gasteiger partial charge is 0.348 e. The van der Waals surface area contributed by atoms with E-state index in [2.05, 4.69) is 5.32 Å². The van der Waals surface area contributed by atoms with Gasteiger partial charge in [-0.25, -0.2) is 8.42 Å². The molecule has 0 aromatic heterocycles. The van der Waals surface area contributed by atoms with E-state index in [4.69, 9.17) is 5.73 Å². The second-order valence-corrected chi connectivity index (χ2v) is 6.99. The lowest BCUT2D eigenvalue weighted by Gasteiger charge is -2.17. The van der Waals surface area contributed by atoms with Crippen LogP contribution in [-0.4, -0.2) is 32.7 Å². The Morgan fingerprint density at radius 3 is 2.68 bits per heavy atom. The minimum absolute atomic E-state index is 0.0120. The Bertz CT molecular complexity index is 583. The zero-order valence-corrected chi connectivity index (χ0v) is 11.6. The number of hydrogen-bond acceptors (Lipinski definition) is 4. The maximum absolute atomic E-state index is 12.1. The molecule has 104 valence electrons. The number of hydrogen-bond donors (Lipinski definition) is 2. The van der Waals surface area contributed by atoms with E-state index >= 15 is 0 Å². The van der Waals surface area contributed by atoms with E-state index in [1.165, 1.54) is 12.1 Å². The van der Waals surface area contributed by atoms with Crippen molar-refractivity contribution in [3.05, 3.63) is 29.8 Å². The van der Waals surface area contributed by atoms with Gasteiger partial charge < -0.3 is 11.1 Å². The van der Waals surface area contributed by atoms with Crippen molar-refractivity contribution in [1.82, 2.24) is 5.32 Å². The summed E-state index contributed by atoms with van der Waals surface area (Å²) in [5.74, 6) is -0.271. The van der Waals surface area contributed by atoms with E-state index < -0.39 is 9.84 Å². The van der Waals surface area contributed by atoms with E-state index in [1.54, 1.807) is 12.1 Å². The summed E-state index contributed by atoms with van der Waals surface area (Å²) < 4.78 is 22.9. The molecule has 2 atom stereocenters. The highest BCUT2D eigenvalue weighted by Crippen LogP contribution is 2.18. The zero-order valence-electron chi connectivity index (χ0n) is 10.8. The van der Waals surface area contributed by atoms with E-state index in [-0.39, 0.29) is 22.9 Å². The van der Waals surface area contributed by atoms with Crippen LogP contribution in [-0.2, 0) is 9.84 Å². The predicted octanol–water partition coefficient (Wildman–Crippen LogP) is 0.700. The number of carbonyl (C=O) groups excluding carboxylic acids is 1. The van der Waals surface area contributed by atoms with Crippen LogP contribution >= 0.6 is 0 Å². The summed E-state index contributed by atoms with van der Waals surface area (Å²) in [6.45, 7) is 0. The van der Waals surface area contributed by atoms with Gasteiger partial charge in [-0.3, -0.25) is 4.79 Å². The van der Waals surface area contributed by atoms with Gasteiger partial charge in [-0.15, -0.1) is 0 Å². The van der Waals surface area contributed by atoms with Gasteiger partial charge in [-0.1, -0.05) is 6.07 Å². The van der Waals surface area contributed by atoms with Crippen molar-refractivity contribution in [2.75, 3.05) is 6.26 Å². The third-order valence-electron chi connectivity index (χ3n) is 3.41. The molecule has 0 saturated heterocycles. The molecule has 6 heteroatoms. The van der Waals surface area contributed by atoms with Gasteiger partial charge in [0.2, 0.25) is 0 Å². The molecule has 1 amide bonds. The van der Waals surface area contributed by atoms with Gasteiger partial charge in [0, 0.05) is 23.9 Å². The van der Waals surface area contributed by atoms with Crippen molar-refractivity contribution in [2.24, 2.45) is 5.73 Å². The van der Waals surface area contributed by atoms with Crippen LogP contribution in [0.4, 0.5) is 0 Å². The summed E-state index contributed by atoms with van der Waals surface area (Å²) in [6, 6.07) is 6.01. The highest BCUT2D eigenvalue weighted by molar-refractivity contribution is 7.90. The van der Waals surface area contributed by atoms with Gasteiger partial charge in [0.15, 0.2) is 9.84 Å². The fourth-order valence-electron chi connectivity index (χ4n) is 2.29. The molecule has 0 radical (unpaired) electrons. The number of nitrogens with two attached hydrogens (primary N) is 1. The van der Waals surface area contributed by atoms with Gasteiger partial charge in [-0.2, -0.15) is 0 Å². The molecule has 19 heavy (non-hydrogen) atoms. The van der Waals surface area contributed by atoms with Crippen LogP contribution < -0.4 is 11.1 Å². The molecule has 0 heterocycles. The Labute approximate surface area is 113 Å². The van der Waals surface area contributed by atoms with Gasteiger partial charge in [0.05, 0.1) is 4.90 Å². The van der Waals surface area contributed by atoms with E-state index in [0.29, 0.717) is 5.56 Å². The lowest BCUT2D eigenvalue weighted by molar-refractivity contribution is 0.0934. The Kier molecular flexibility index (Phi) is 3.91. The Morgan fingerprint density at radius 1 is 1.37 bits per heavy atom. The van der Waals surface area contributed by atoms with Crippen LogP contribution in [0.25, 0.3) is 0 Å². The van der Waals surface area contributed by atoms with Crippen LogP contribution in [0.15, 0.2) is 29.2 Å². The quantitative estimate of drug-likeness (QED) is 0.854. The molecular formula is C13H18N2O3S. The molecule has 5 nitrogen and oxygen atoms in total. The molecule has 1 aromatic carbocycles. The summed E-state index contributed by atoms with van der Waals surface area (Å²) in [4.78, 5) is 12.2. The van der Waals surface area contributed by atoms with Crippen molar-refractivity contribution in [3.8, 4) is 0 Å². The molecular weight excluding hydrogens is 264 g/mol. The van der Waals surface area contributed by atoms with Crippen LogP contribution in [0, 0.1) is 0 Å². The summed E-state index contributed by atoms with van der Waals surface area (Å²) in [5.41, 5.74) is 6.24. The number of rotatable bonds is 3. The Balaban J connectivity index is 2.15. The first-order valence-corrected chi connectivity index (χ1v) is 8.13. The molecule has 1 fully saturated rings. The van der Waals surface area contributed by atoms with Crippen molar-refractivity contribution < 1.29 is 13.2 Å². The van der Waals surface area contributed by atoms with Crippen molar-refractivity contribution in [3.63, 3.8) is 0 Å². The molecule has 1 saturated carbocycles. The molecule has 2 rings (SSSR count). The molecule has 3 N–H and O–H groups in total. The molecule has 0 spiro atoms. The van der Waals surface area contributed by atoms with Crippen LogP contribution in [0.5, 0.6) is 0 Å². The average molecular weight is 282 g/mol. The highest BCUT2D eigenvalue weighted by Gasteiger charge is 2.25. The maximum Gasteiger partial charge on any atom is 0.251 e. The topological polar surface area (TPSA) is 89.3 Å². The second-order valence-electron chi connectivity index (χ2n) is 4.97. The third-order valence-corrected chi connectivity index (χ3v) is 4.52. The lowest BCUT2D eigenvalue weighted by Crippen LogP contribution is -2.43. The normalized spacial score (nSPS) is 23.3. The fourth-order valence-corrected chi connectivity index (χ4v) is 2.95. The molecule has 1 aromatic rings. The summed E-state index contributed by atoms with van der Waals surface area (Å²) in [5, 5.41) is 2.86. The summed E-state index contributed by atoms with van der Waals surface area (Å²) >= 11 is 0. The SMILES string of the molecule is CS(=O)(=O)c1cccc(C(=O)NC2CCCC2N)c1. The van der Waals surface area contributed by atoms with Crippen LogP contribution in [0.1, 0.15) is 29.6 Å². The van der Waals surface area contributed by atoms with E-state index in [1.807, 2.05) is 0 Å². The summed E-state index contributed by atoms with van der Waals surface area (Å²) in [6.07, 6.45) is 3.92. The average Bonchev–Trinajstić information content (AvgIpc) is 2.74. The summed E-state index contributed by atoms with van der Waals surface area (Å²) in [7, 11) is -3.30. The number of nitrogens with one attached hydrogen (secondary N) is 1. The minimum atomic E-state index is -3.30. The molecule has 0 bridgehead atoms. The third kappa shape index (κ3) is 3.33. The van der Waals surface area contributed by atoms with Gasteiger partial charge in [0.1, 0.15) is 0 Å². The highest BCUT2D eigenvalue weighted by atomic mass is 32.2. The molecule has 2 unspecified atom stereocenters. The number of carbonyl (C=O) groups is 1. The lowest BCUT2D eigenvalue weighted by atomic mass is 10.1. The first-order chi connectivity index (χ1) is 8.88. The van der Waals surface area contributed by atoms with E-state index in [0.717, 1.165) is 25.5 Å². The molecule has 0 aliphatic heterocycles. The molecule has 1 aliphatic carbocycles. The van der Waals surface area contributed by atoms with Gasteiger partial charge >= 0.3 is 0 Å². The predicted molar refractivity (Wildman–Crippen MR) is 72.6 cm³/mol.